The van der Waals surface area contributed by atoms with Gasteiger partial charge in [0.05, 0.1) is 12.2 Å². The number of rotatable bonds is 2. The maximum absolute atomic E-state index is 12.4. The van der Waals surface area contributed by atoms with E-state index in [1.807, 2.05) is 43.3 Å². The monoisotopic (exact) mass is 279 g/mol. The normalized spacial score (nSPS) is 14.8. The van der Waals surface area contributed by atoms with E-state index in [0.717, 1.165) is 11.3 Å². The van der Waals surface area contributed by atoms with Crippen molar-refractivity contribution in [1.82, 2.24) is 0 Å². The number of benzene rings is 2. The molecule has 1 aliphatic rings. The summed E-state index contributed by atoms with van der Waals surface area (Å²) in [7, 11) is 0. The average Bonchev–Trinajstić information content (AvgIpc) is 2.60. The van der Waals surface area contributed by atoms with Crippen LogP contribution in [0.4, 0.5) is 5.69 Å². The lowest BCUT2D eigenvalue weighted by Gasteiger charge is -2.23. The maximum Gasteiger partial charge on any atom is 0.227 e. The molecular formula is C18H17NO2. The molecule has 0 radical (unpaired) electrons. The quantitative estimate of drug-likeness (QED) is 0.843. The second kappa shape index (κ2) is 5.52. The fourth-order valence-corrected chi connectivity index (χ4v) is 2.74. The van der Waals surface area contributed by atoms with E-state index in [0.29, 0.717) is 18.5 Å². The minimum absolute atomic E-state index is 0.00908. The molecular weight excluding hydrogens is 262 g/mol. The molecule has 0 saturated carbocycles. The predicted molar refractivity (Wildman–Crippen MR) is 82.4 cm³/mol. The first-order valence-electron chi connectivity index (χ1n) is 7.13. The van der Waals surface area contributed by atoms with Gasteiger partial charge in [0.2, 0.25) is 5.91 Å². The Balaban J connectivity index is 2.01. The molecule has 2 aromatic rings. The SMILES string of the molecule is Cc1cccc(CN2C(=O)CCC(=O)c3ccccc32)c1. The Morgan fingerprint density at radius 2 is 1.81 bits per heavy atom. The number of Topliss-reactive ketones (excluding diaryl/α,β-unsaturated/α-hetero) is 1. The number of ketones is 1. The van der Waals surface area contributed by atoms with E-state index in [1.54, 1.807) is 11.0 Å². The van der Waals surface area contributed by atoms with Gasteiger partial charge in [0.1, 0.15) is 0 Å². The summed E-state index contributed by atoms with van der Waals surface area (Å²) in [5, 5.41) is 0. The highest BCUT2D eigenvalue weighted by atomic mass is 16.2. The molecule has 0 fully saturated rings. The third-order valence-corrected chi connectivity index (χ3v) is 3.79. The van der Waals surface area contributed by atoms with Crippen LogP contribution >= 0.6 is 0 Å². The highest BCUT2D eigenvalue weighted by molar-refractivity contribution is 6.09. The van der Waals surface area contributed by atoms with Crippen LogP contribution in [-0.2, 0) is 11.3 Å². The van der Waals surface area contributed by atoms with Gasteiger partial charge < -0.3 is 4.90 Å². The second-order valence-electron chi connectivity index (χ2n) is 5.41. The summed E-state index contributed by atoms with van der Waals surface area (Å²) in [4.78, 5) is 26.2. The summed E-state index contributed by atoms with van der Waals surface area (Å²) in [6, 6.07) is 15.5. The fourth-order valence-electron chi connectivity index (χ4n) is 2.74. The molecule has 0 saturated heterocycles. The molecule has 1 aliphatic heterocycles. The molecule has 0 aliphatic carbocycles. The molecule has 3 heteroatoms. The standard InChI is InChI=1S/C18H17NO2/c1-13-5-4-6-14(11-13)12-19-16-8-3-2-7-15(16)17(20)9-10-18(19)21/h2-8,11H,9-10,12H2,1H3. The van der Waals surface area contributed by atoms with Gasteiger partial charge in [-0.15, -0.1) is 0 Å². The summed E-state index contributed by atoms with van der Waals surface area (Å²) >= 11 is 0. The van der Waals surface area contributed by atoms with Crippen molar-refractivity contribution in [3.8, 4) is 0 Å². The van der Waals surface area contributed by atoms with Crippen molar-refractivity contribution in [2.45, 2.75) is 26.3 Å². The zero-order valence-electron chi connectivity index (χ0n) is 12.0. The first kappa shape index (κ1) is 13.6. The number of amides is 1. The van der Waals surface area contributed by atoms with Crippen molar-refractivity contribution in [2.75, 3.05) is 4.90 Å². The number of carbonyl (C=O) groups is 2. The summed E-state index contributed by atoms with van der Waals surface area (Å²) in [5.74, 6) is 0.0560. The molecule has 0 spiro atoms. The zero-order valence-corrected chi connectivity index (χ0v) is 12.0. The first-order chi connectivity index (χ1) is 10.1. The molecule has 0 bridgehead atoms. The van der Waals surface area contributed by atoms with Gasteiger partial charge in [-0.05, 0) is 24.6 Å². The highest BCUT2D eigenvalue weighted by Gasteiger charge is 2.26. The molecule has 1 heterocycles. The second-order valence-corrected chi connectivity index (χ2v) is 5.41. The Bertz CT molecular complexity index is 706. The van der Waals surface area contributed by atoms with Crippen LogP contribution in [0.25, 0.3) is 0 Å². The van der Waals surface area contributed by atoms with Crippen molar-refractivity contribution in [3.05, 3.63) is 65.2 Å². The van der Waals surface area contributed by atoms with Crippen molar-refractivity contribution >= 4 is 17.4 Å². The van der Waals surface area contributed by atoms with Gasteiger partial charge in [-0.25, -0.2) is 0 Å². The number of carbonyl (C=O) groups excluding carboxylic acids is 2. The molecule has 1 amide bonds. The molecule has 106 valence electrons. The predicted octanol–water partition coefficient (Wildman–Crippen LogP) is 3.50. The van der Waals surface area contributed by atoms with Crippen LogP contribution < -0.4 is 4.90 Å². The number of fused-ring (bicyclic) bond motifs is 1. The van der Waals surface area contributed by atoms with Crippen LogP contribution in [0.3, 0.4) is 0 Å². The summed E-state index contributed by atoms with van der Waals surface area (Å²) in [6.07, 6.45) is 0.569. The van der Waals surface area contributed by atoms with Crippen LogP contribution in [0.1, 0.15) is 34.3 Å². The van der Waals surface area contributed by atoms with Gasteiger partial charge in [0.15, 0.2) is 5.78 Å². The van der Waals surface area contributed by atoms with E-state index >= 15 is 0 Å². The van der Waals surface area contributed by atoms with E-state index in [9.17, 15) is 9.59 Å². The molecule has 0 atom stereocenters. The Morgan fingerprint density at radius 3 is 2.62 bits per heavy atom. The fraction of sp³-hybridized carbons (Fsp3) is 0.222. The molecule has 3 rings (SSSR count). The third kappa shape index (κ3) is 2.72. The average molecular weight is 279 g/mol. The Morgan fingerprint density at radius 1 is 1.00 bits per heavy atom. The number of para-hydroxylation sites is 1. The van der Waals surface area contributed by atoms with Gasteiger partial charge in [-0.2, -0.15) is 0 Å². The third-order valence-electron chi connectivity index (χ3n) is 3.79. The highest BCUT2D eigenvalue weighted by Crippen LogP contribution is 2.28. The topological polar surface area (TPSA) is 37.4 Å². The summed E-state index contributed by atoms with van der Waals surface area (Å²) in [5.41, 5.74) is 3.62. The molecule has 0 N–H and O–H groups in total. The lowest BCUT2D eigenvalue weighted by molar-refractivity contribution is -0.118. The number of aryl methyl sites for hydroxylation is 1. The van der Waals surface area contributed by atoms with E-state index in [1.165, 1.54) is 5.56 Å². The lowest BCUT2D eigenvalue weighted by atomic mass is 10.1. The van der Waals surface area contributed by atoms with Crippen molar-refractivity contribution < 1.29 is 9.59 Å². The molecule has 2 aromatic carbocycles. The minimum Gasteiger partial charge on any atom is -0.307 e. The van der Waals surface area contributed by atoms with Gasteiger partial charge in [0, 0.05) is 18.4 Å². The first-order valence-corrected chi connectivity index (χ1v) is 7.13. The Kier molecular flexibility index (Phi) is 3.57. The van der Waals surface area contributed by atoms with Crippen LogP contribution in [-0.4, -0.2) is 11.7 Å². The van der Waals surface area contributed by atoms with E-state index in [2.05, 4.69) is 6.07 Å². The Labute approximate surface area is 124 Å². The largest absolute Gasteiger partial charge is 0.307 e. The summed E-state index contributed by atoms with van der Waals surface area (Å²) in [6.45, 7) is 2.54. The van der Waals surface area contributed by atoms with Gasteiger partial charge in [-0.1, -0.05) is 42.0 Å². The maximum atomic E-state index is 12.4. The van der Waals surface area contributed by atoms with Crippen molar-refractivity contribution in [1.29, 1.82) is 0 Å². The van der Waals surface area contributed by atoms with E-state index in [4.69, 9.17) is 0 Å². The van der Waals surface area contributed by atoms with E-state index < -0.39 is 0 Å². The van der Waals surface area contributed by atoms with Gasteiger partial charge >= 0.3 is 0 Å². The van der Waals surface area contributed by atoms with Crippen LogP contribution in [0.5, 0.6) is 0 Å². The smallest absolute Gasteiger partial charge is 0.227 e. The molecule has 0 unspecified atom stereocenters. The van der Waals surface area contributed by atoms with Gasteiger partial charge in [-0.3, -0.25) is 9.59 Å². The number of hydrogen-bond acceptors (Lipinski definition) is 2. The number of nitrogens with zero attached hydrogens (tertiary/aromatic N) is 1. The molecule has 21 heavy (non-hydrogen) atoms. The number of anilines is 1. The summed E-state index contributed by atoms with van der Waals surface area (Å²) < 4.78 is 0. The van der Waals surface area contributed by atoms with Crippen molar-refractivity contribution in [2.24, 2.45) is 0 Å². The van der Waals surface area contributed by atoms with Crippen LogP contribution in [0.2, 0.25) is 0 Å². The number of hydrogen-bond donors (Lipinski definition) is 0. The van der Waals surface area contributed by atoms with Crippen molar-refractivity contribution in [3.63, 3.8) is 0 Å². The zero-order chi connectivity index (χ0) is 14.8. The van der Waals surface area contributed by atoms with Crippen LogP contribution in [0.15, 0.2) is 48.5 Å². The lowest BCUT2D eigenvalue weighted by Crippen LogP contribution is -2.29. The van der Waals surface area contributed by atoms with E-state index in [-0.39, 0.29) is 18.1 Å². The van der Waals surface area contributed by atoms with Crippen LogP contribution in [0, 0.1) is 6.92 Å². The Hall–Kier alpha value is -2.42. The van der Waals surface area contributed by atoms with Gasteiger partial charge in [0.25, 0.3) is 0 Å². The molecule has 0 aromatic heterocycles. The molecule has 3 nitrogen and oxygen atoms in total. The minimum atomic E-state index is 0.00908.